The SMILES string of the molecule is CN1CCCC(CNCC(N)C(=O)O)C1. The summed E-state index contributed by atoms with van der Waals surface area (Å²) < 4.78 is 0. The number of nitrogens with one attached hydrogen (secondary N) is 1. The maximum atomic E-state index is 10.5. The molecule has 1 aliphatic rings. The van der Waals surface area contributed by atoms with E-state index in [0.717, 1.165) is 13.1 Å². The van der Waals surface area contributed by atoms with Crippen LogP contribution in [0.2, 0.25) is 0 Å². The molecule has 88 valence electrons. The van der Waals surface area contributed by atoms with Crippen molar-refractivity contribution in [3.63, 3.8) is 0 Å². The summed E-state index contributed by atoms with van der Waals surface area (Å²) in [6, 6.07) is -0.786. The van der Waals surface area contributed by atoms with Crippen molar-refractivity contribution in [1.82, 2.24) is 10.2 Å². The van der Waals surface area contributed by atoms with Crippen LogP contribution in [0.4, 0.5) is 0 Å². The number of carbonyl (C=O) groups is 1. The molecule has 1 saturated heterocycles. The Morgan fingerprint density at radius 3 is 3.07 bits per heavy atom. The molecule has 5 nitrogen and oxygen atoms in total. The third-order valence-corrected chi connectivity index (χ3v) is 2.84. The van der Waals surface area contributed by atoms with Crippen molar-refractivity contribution in [1.29, 1.82) is 0 Å². The summed E-state index contributed by atoms with van der Waals surface area (Å²) in [5.74, 6) is -0.312. The number of aliphatic carboxylic acids is 1. The molecular weight excluding hydrogens is 194 g/mol. The van der Waals surface area contributed by atoms with Crippen molar-refractivity contribution in [2.24, 2.45) is 11.7 Å². The van der Waals surface area contributed by atoms with Crippen molar-refractivity contribution in [3.05, 3.63) is 0 Å². The lowest BCUT2D eigenvalue weighted by molar-refractivity contribution is -0.138. The molecule has 1 heterocycles. The number of carboxylic acid groups (broad SMARTS) is 1. The van der Waals surface area contributed by atoms with Crippen molar-refractivity contribution in [2.45, 2.75) is 18.9 Å². The van der Waals surface area contributed by atoms with Gasteiger partial charge in [-0.25, -0.2) is 0 Å². The van der Waals surface area contributed by atoms with Crippen LogP contribution in [-0.2, 0) is 4.79 Å². The Hall–Kier alpha value is -0.650. The summed E-state index contributed by atoms with van der Waals surface area (Å²) in [6.07, 6.45) is 2.45. The van der Waals surface area contributed by atoms with E-state index in [1.54, 1.807) is 0 Å². The van der Waals surface area contributed by atoms with E-state index in [2.05, 4.69) is 17.3 Å². The molecule has 1 rings (SSSR count). The normalized spacial score (nSPS) is 25.1. The zero-order chi connectivity index (χ0) is 11.3. The quantitative estimate of drug-likeness (QED) is 0.567. The fourth-order valence-corrected chi connectivity index (χ4v) is 1.97. The van der Waals surface area contributed by atoms with Gasteiger partial charge < -0.3 is 21.1 Å². The second-order valence-electron chi connectivity index (χ2n) is 4.37. The van der Waals surface area contributed by atoms with Gasteiger partial charge in [0.2, 0.25) is 0 Å². The van der Waals surface area contributed by atoms with Gasteiger partial charge in [-0.05, 0) is 38.9 Å². The van der Waals surface area contributed by atoms with Gasteiger partial charge in [0.15, 0.2) is 0 Å². The topological polar surface area (TPSA) is 78.6 Å². The second kappa shape index (κ2) is 6.05. The zero-order valence-corrected chi connectivity index (χ0v) is 9.28. The minimum absolute atomic E-state index is 0.357. The maximum Gasteiger partial charge on any atom is 0.321 e. The smallest absolute Gasteiger partial charge is 0.321 e. The van der Waals surface area contributed by atoms with E-state index >= 15 is 0 Å². The van der Waals surface area contributed by atoms with E-state index in [9.17, 15) is 4.79 Å². The van der Waals surface area contributed by atoms with Gasteiger partial charge in [-0.3, -0.25) is 4.79 Å². The van der Waals surface area contributed by atoms with E-state index in [0.29, 0.717) is 12.5 Å². The number of rotatable bonds is 5. The predicted molar refractivity (Wildman–Crippen MR) is 58.7 cm³/mol. The molecule has 0 spiro atoms. The first-order chi connectivity index (χ1) is 7.09. The first-order valence-electron chi connectivity index (χ1n) is 5.47. The van der Waals surface area contributed by atoms with Gasteiger partial charge >= 0.3 is 5.97 Å². The van der Waals surface area contributed by atoms with Gasteiger partial charge in [0.1, 0.15) is 6.04 Å². The first-order valence-corrected chi connectivity index (χ1v) is 5.47. The number of carboxylic acids is 1. The molecule has 4 N–H and O–H groups in total. The van der Waals surface area contributed by atoms with Gasteiger partial charge in [-0.1, -0.05) is 0 Å². The lowest BCUT2D eigenvalue weighted by Crippen LogP contribution is -2.44. The fourth-order valence-electron chi connectivity index (χ4n) is 1.97. The number of hydrogen-bond acceptors (Lipinski definition) is 4. The molecule has 0 aromatic rings. The van der Waals surface area contributed by atoms with Crippen LogP contribution in [0.25, 0.3) is 0 Å². The fraction of sp³-hybridized carbons (Fsp3) is 0.900. The van der Waals surface area contributed by atoms with Crippen molar-refractivity contribution in [2.75, 3.05) is 33.2 Å². The van der Waals surface area contributed by atoms with E-state index in [1.165, 1.54) is 19.4 Å². The summed E-state index contributed by atoms with van der Waals surface area (Å²) in [6.45, 7) is 3.49. The predicted octanol–water partition coefficient (Wildman–Crippen LogP) is -0.670. The average Bonchev–Trinajstić information content (AvgIpc) is 2.17. The van der Waals surface area contributed by atoms with Crippen LogP contribution in [0.1, 0.15) is 12.8 Å². The number of nitrogens with two attached hydrogens (primary N) is 1. The minimum atomic E-state index is -0.941. The molecule has 0 saturated carbocycles. The Balaban J connectivity index is 2.11. The van der Waals surface area contributed by atoms with E-state index < -0.39 is 12.0 Å². The van der Waals surface area contributed by atoms with Crippen molar-refractivity contribution < 1.29 is 9.90 Å². The number of hydrogen-bond donors (Lipinski definition) is 3. The van der Waals surface area contributed by atoms with Crippen molar-refractivity contribution >= 4 is 5.97 Å². The van der Waals surface area contributed by atoms with Gasteiger partial charge in [-0.2, -0.15) is 0 Å². The summed E-state index contributed by atoms with van der Waals surface area (Å²) in [5, 5.41) is 11.7. The Labute approximate surface area is 90.6 Å². The molecule has 0 bridgehead atoms. The summed E-state index contributed by atoms with van der Waals surface area (Å²) in [4.78, 5) is 12.8. The molecule has 5 heteroatoms. The highest BCUT2D eigenvalue weighted by Gasteiger charge is 2.17. The summed E-state index contributed by atoms with van der Waals surface area (Å²) in [5.41, 5.74) is 5.39. The highest BCUT2D eigenvalue weighted by atomic mass is 16.4. The van der Waals surface area contributed by atoms with Gasteiger partial charge in [0.05, 0.1) is 0 Å². The molecule has 1 fully saturated rings. The van der Waals surface area contributed by atoms with E-state index in [1.807, 2.05) is 0 Å². The average molecular weight is 215 g/mol. The van der Waals surface area contributed by atoms with Crippen LogP contribution >= 0.6 is 0 Å². The molecule has 0 aromatic carbocycles. The Morgan fingerprint density at radius 2 is 2.47 bits per heavy atom. The van der Waals surface area contributed by atoms with Gasteiger partial charge in [-0.15, -0.1) is 0 Å². The molecule has 2 atom stereocenters. The molecule has 0 amide bonds. The largest absolute Gasteiger partial charge is 0.480 e. The van der Waals surface area contributed by atoms with Crippen LogP contribution in [0, 0.1) is 5.92 Å². The zero-order valence-electron chi connectivity index (χ0n) is 9.28. The van der Waals surface area contributed by atoms with Crippen molar-refractivity contribution in [3.8, 4) is 0 Å². The summed E-state index contributed by atoms with van der Waals surface area (Å²) in [7, 11) is 2.12. The van der Waals surface area contributed by atoms with Crippen LogP contribution < -0.4 is 11.1 Å². The lowest BCUT2D eigenvalue weighted by atomic mass is 9.98. The van der Waals surface area contributed by atoms with E-state index in [4.69, 9.17) is 10.8 Å². The molecule has 1 aliphatic heterocycles. The monoisotopic (exact) mass is 215 g/mol. The Bertz CT molecular complexity index is 211. The standard InChI is InChI=1S/C10H21N3O2/c1-13-4-2-3-8(7-13)5-12-6-9(11)10(14)15/h8-9,12H,2-7,11H2,1H3,(H,14,15). The lowest BCUT2D eigenvalue weighted by Gasteiger charge is -2.29. The minimum Gasteiger partial charge on any atom is -0.480 e. The third-order valence-electron chi connectivity index (χ3n) is 2.84. The molecule has 2 unspecified atom stereocenters. The number of nitrogens with zero attached hydrogens (tertiary/aromatic N) is 1. The van der Waals surface area contributed by atoms with Crippen LogP contribution in [-0.4, -0.2) is 55.2 Å². The molecule has 15 heavy (non-hydrogen) atoms. The number of likely N-dealkylation sites (tertiary alicyclic amines) is 1. The number of piperidine rings is 1. The summed E-state index contributed by atoms with van der Waals surface area (Å²) >= 11 is 0. The van der Waals surface area contributed by atoms with Crippen LogP contribution in [0.3, 0.4) is 0 Å². The third kappa shape index (κ3) is 4.59. The Kier molecular flexibility index (Phi) is 5.01. The highest BCUT2D eigenvalue weighted by Crippen LogP contribution is 2.13. The molecular formula is C10H21N3O2. The van der Waals surface area contributed by atoms with Gasteiger partial charge in [0.25, 0.3) is 0 Å². The Morgan fingerprint density at radius 1 is 1.73 bits per heavy atom. The molecule has 0 radical (unpaired) electrons. The molecule has 0 aliphatic carbocycles. The highest BCUT2D eigenvalue weighted by molar-refractivity contribution is 5.73. The van der Waals surface area contributed by atoms with Gasteiger partial charge in [0, 0.05) is 13.1 Å². The van der Waals surface area contributed by atoms with Crippen LogP contribution in [0.5, 0.6) is 0 Å². The second-order valence-corrected chi connectivity index (χ2v) is 4.37. The van der Waals surface area contributed by atoms with Crippen LogP contribution in [0.15, 0.2) is 0 Å². The molecule has 0 aromatic heterocycles. The van der Waals surface area contributed by atoms with E-state index in [-0.39, 0.29) is 0 Å². The first kappa shape index (κ1) is 12.4. The maximum absolute atomic E-state index is 10.5.